The number of carbonyl (C=O) groups is 6. The number of aldehydes is 1. The van der Waals surface area contributed by atoms with Gasteiger partial charge < -0.3 is 30.1 Å². The van der Waals surface area contributed by atoms with E-state index in [0.717, 1.165) is 31.9 Å². The number of carbonyl (C=O) groups excluding carboxylic acids is 6. The van der Waals surface area contributed by atoms with Crippen LogP contribution >= 0.6 is 0 Å². The number of unbranched alkanes of at least 4 members (excludes halogenated alkanes) is 3. The van der Waals surface area contributed by atoms with Gasteiger partial charge in [0.1, 0.15) is 35.4 Å². The number of likely N-dealkylation sites (tertiary alicyclic amines) is 1. The number of amides is 5. The quantitative estimate of drug-likeness (QED) is 0.0801. The molecule has 4 N–H and O–H groups in total. The largest absolute Gasteiger partial charge is 0.444 e. The highest BCUT2D eigenvalue weighted by molar-refractivity contribution is 7.83. The second-order valence-corrected chi connectivity index (χ2v) is 17.4. The second-order valence-electron chi connectivity index (χ2n) is 16.2. The number of fused-ring (bicyclic) bond motifs is 1. The zero-order valence-corrected chi connectivity index (χ0v) is 37.8. The molecule has 5 rings (SSSR count). The van der Waals surface area contributed by atoms with Gasteiger partial charge in [-0.05, 0) is 95.9 Å². The van der Waals surface area contributed by atoms with E-state index in [9.17, 15) is 37.4 Å². The summed E-state index contributed by atoms with van der Waals surface area (Å²) in [5.41, 5.74) is -0.307. The number of nitrogens with one attached hydrogen (secondary N) is 3. The molecule has 0 radical (unpaired) electrons. The first kappa shape index (κ1) is 51.2. The van der Waals surface area contributed by atoms with E-state index in [-0.39, 0.29) is 43.3 Å². The SMILES string of the molecule is CC.CC1CC(OC(=O)N2Cc3cccc(F)c3C2)CN1C(=O)C(CCCCC/C=C\CC1CCC1(NC=O)C(=O)NS(=O)c1ccc(C=O)cc1)NC(=O)OC(C)(C)C.CO. The van der Waals surface area contributed by atoms with E-state index < -0.39 is 52.4 Å². The summed E-state index contributed by atoms with van der Waals surface area (Å²) in [5, 5.41) is 12.4. The lowest BCUT2D eigenvalue weighted by Crippen LogP contribution is -2.66. The van der Waals surface area contributed by atoms with Gasteiger partial charge in [0.15, 0.2) is 11.0 Å². The molecule has 0 spiro atoms. The fraction of sp³-hybridized carbons (Fsp3) is 0.556. The molecular formula is C45H64FN5O10S. The number of alkyl carbamates (subject to hydrolysis) is 1. The zero-order valence-electron chi connectivity index (χ0n) is 36.9. The summed E-state index contributed by atoms with van der Waals surface area (Å²) in [6.45, 7) is 11.6. The Kier molecular flexibility index (Phi) is 20.2. The Labute approximate surface area is 367 Å². The average Bonchev–Trinajstić information content (AvgIpc) is 3.85. The van der Waals surface area contributed by atoms with Crippen LogP contribution in [0.25, 0.3) is 0 Å². The van der Waals surface area contributed by atoms with Crippen molar-refractivity contribution in [1.29, 1.82) is 0 Å². The van der Waals surface area contributed by atoms with E-state index in [1.54, 1.807) is 37.8 Å². The molecule has 0 bridgehead atoms. The molecule has 62 heavy (non-hydrogen) atoms. The number of ether oxygens (including phenoxy) is 2. The Balaban J connectivity index is 0.00000249. The highest BCUT2D eigenvalue weighted by atomic mass is 32.2. The van der Waals surface area contributed by atoms with Crippen LogP contribution < -0.4 is 15.4 Å². The Morgan fingerprint density at radius 2 is 1.73 bits per heavy atom. The molecule has 1 aliphatic carbocycles. The monoisotopic (exact) mass is 885 g/mol. The van der Waals surface area contributed by atoms with Crippen molar-refractivity contribution in [2.75, 3.05) is 13.7 Å². The van der Waals surface area contributed by atoms with Gasteiger partial charge >= 0.3 is 12.2 Å². The van der Waals surface area contributed by atoms with Gasteiger partial charge in [0, 0.05) is 37.2 Å². The molecule has 6 atom stereocenters. The second kappa shape index (κ2) is 24.5. The van der Waals surface area contributed by atoms with Gasteiger partial charge in [0.2, 0.25) is 12.3 Å². The van der Waals surface area contributed by atoms with Crippen LogP contribution in [0.5, 0.6) is 0 Å². The van der Waals surface area contributed by atoms with E-state index in [4.69, 9.17) is 14.6 Å². The third-order valence-electron chi connectivity index (χ3n) is 10.9. The van der Waals surface area contributed by atoms with Crippen molar-refractivity contribution in [1.82, 2.24) is 25.2 Å². The highest BCUT2D eigenvalue weighted by Crippen LogP contribution is 2.41. The molecule has 2 aliphatic heterocycles. The van der Waals surface area contributed by atoms with Crippen LogP contribution in [0.3, 0.4) is 0 Å². The molecule has 15 nitrogen and oxygen atoms in total. The Hall–Kier alpha value is -5.16. The van der Waals surface area contributed by atoms with Crippen molar-refractivity contribution >= 4 is 47.7 Å². The molecule has 342 valence electrons. The van der Waals surface area contributed by atoms with Crippen molar-refractivity contribution in [3.63, 3.8) is 0 Å². The van der Waals surface area contributed by atoms with Crippen molar-refractivity contribution in [2.24, 2.45) is 5.92 Å². The number of aliphatic hydroxyl groups excluding tert-OH is 1. The molecule has 2 heterocycles. The lowest BCUT2D eigenvalue weighted by molar-refractivity contribution is -0.136. The lowest BCUT2D eigenvalue weighted by atomic mass is 9.64. The van der Waals surface area contributed by atoms with Crippen LogP contribution in [0.1, 0.15) is 121 Å². The van der Waals surface area contributed by atoms with Crippen molar-refractivity contribution in [3.8, 4) is 0 Å². The number of halogens is 1. The van der Waals surface area contributed by atoms with Gasteiger partial charge in [-0.15, -0.1) is 0 Å². The fourth-order valence-corrected chi connectivity index (χ4v) is 8.55. The molecule has 1 saturated heterocycles. The minimum absolute atomic E-state index is 0.120. The van der Waals surface area contributed by atoms with Gasteiger partial charge in [-0.1, -0.05) is 63.1 Å². The van der Waals surface area contributed by atoms with Gasteiger partial charge in [-0.2, -0.15) is 0 Å². The fourth-order valence-electron chi connectivity index (χ4n) is 7.69. The molecular weight excluding hydrogens is 822 g/mol. The zero-order chi connectivity index (χ0) is 46.0. The predicted octanol–water partition coefficient (Wildman–Crippen LogP) is 6.24. The third kappa shape index (κ3) is 13.9. The van der Waals surface area contributed by atoms with Gasteiger partial charge in [-0.3, -0.25) is 28.8 Å². The molecule has 2 fully saturated rings. The minimum Gasteiger partial charge on any atom is -0.444 e. The first-order chi connectivity index (χ1) is 29.6. The molecule has 0 aromatic heterocycles. The van der Waals surface area contributed by atoms with Crippen LogP contribution in [0.2, 0.25) is 0 Å². The van der Waals surface area contributed by atoms with E-state index in [1.165, 1.54) is 35.2 Å². The topological polar surface area (TPSA) is 201 Å². The van der Waals surface area contributed by atoms with Crippen LogP contribution in [-0.2, 0) is 47.9 Å². The van der Waals surface area contributed by atoms with Gasteiger partial charge in [-0.25, -0.2) is 18.2 Å². The van der Waals surface area contributed by atoms with Crippen molar-refractivity contribution < 1.29 is 51.9 Å². The number of allylic oxidation sites excluding steroid dienone is 2. The number of hydrogen-bond acceptors (Lipinski definition) is 10. The van der Waals surface area contributed by atoms with Crippen molar-refractivity contribution in [3.05, 3.63) is 77.1 Å². The maximum Gasteiger partial charge on any atom is 0.410 e. The first-order valence-corrected chi connectivity index (χ1v) is 22.4. The number of benzene rings is 2. The molecule has 1 saturated carbocycles. The van der Waals surface area contributed by atoms with Gasteiger partial charge in [0.25, 0.3) is 5.91 Å². The number of nitrogens with zero attached hydrogens (tertiary/aromatic N) is 2. The number of aliphatic hydroxyl groups is 1. The lowest BCUT2D eigenvalue weighted by Gasteiger charge is -2.47. The number of rotatable bonds is 17. The summed E-state index contributed by atoms with van der Waals surface area (Å²) < 4.78 is 40.8. The maximum absolute atomic E-state index is 14.3. The minimum atomic E-state index is -1.87. The van der Waals surface area contributed by atoms with Crippen LogP contribution in [0.4, 0.5) is 14.0 Å². The smallest absolute Gasteiger partial charge is 0.410 e. The Morgan fingerprint density at radius 1 is 1.02 bits per heavy atom. The highest BCUT2D eigenvalue weighted by Gasteiger charge is 2.52. The molecule has 5 amide bonds. The molecule has 17 heteroatoms. The van der Waals surface area contributed by atoms with Crippen LogP contribution in [-0.4, -0.2) is 98.8 Å². The number of hydrogen-bond donors (Lipinski definition) is 4. The summed E-state index contributed by atoms with van der Waals surface area (Å²) in [5.74, 6) is -1.37. The summed E-state index contributed by atoms with van der Waals surface area (Å²) in [6.07, 6.45) is 8.69. The Morgan fingerprint density at radius 3 is 2.34 bits per heavy atom. The third-order valence-corrected chi connectivity index (χ3v) is 12.0. The summed E-state index contributed by atoms with van der Waals surface area (Å²) in [4.78, 5) is 78.8. The van der Waals surface area contributed by atoms with E-state index in [0.29, 0.717) is 67.2 Å². The summed E-state index contributed by atoms with van der Waals surface area (Å²) in [6, 6.07) is 9.68. The van der Waals surface area contributed by atoms with Crippen LogP contribution in [0, 0.1) is 11.7 Å². The Bertz CT molecular complexity index is 1890. The predicted molar refractivity (Wildman–Crippen MR) is 232 cm³/mol. The van der Waals surface area contributed by atoms with Crippen molar-refractivity contribution in [2.45, 2.75) is 147 Å². The average molecular weight is 886 g/mol. The molecule has 3 aliphatic rings. The van der Waals surface area contributed by atoms with E-state index in [2.05, 4.69) is 15.4 Å². The summed E-state index contributed by atoms with van der Waals surface area (Å²) in [7, 11) is -0.870. The van der Waals surface area contributed by atoms with Gasteiger partial charge in [0.05, 0.1) is 18.0 Å². The maximum atomic E-state index is 14.3. The van der Waals surface area contributed by atoms with E-state index >= 15 is 0 Å². The molecule has 2 aromatic carbocycles. The first-order valence-electron chi connectivity index (χ1n) is 21.2. The molecule has 6 unspecified atom stereocenters. The van der Waals surface area contributed by atoms with Crippen LogP contribution in [0.15, 0.2) is 59.5 Å². The standard InChI is InChI=1S/C42H54FN5O9S.C2H6.CH4O/c1-28-22-32(56-40(54)47-23-30-12-11-14-35(43)34(30)25-47)24-48(28)37(51)36(45-39(53)57-41(2,3)4)15-10-8-6-5-7-9-13-31-20-21-42(31,44-27-50)38(52)46-58(55)33-18-16-29(26-49)17-19-33;2*1-2/h7,9,11-12,14,16-19,26-28,31-32,36H,5-6,8,10,13,15,20-25H2,1-4H3,(H,44,50)(H,45,53)(H,46,52);1-2H3;2H,1H3/b9-7-;;. The summed E-state index contributed by atoms with van der Waals surface area (Å²) >= 11 is 0. The molecule has 2 aromatic rings. The van der Waals surface area contributed by atoms with E-state index in [1.807, 2.05) is 32.9 Å². The normalized spacial score (nSPS) is 21.1.